The Morgan fingerprint density at radius 3 is 2.58 bits per heavy atom. The zero-order valence-electron chi connectivity index (χ0n) is 11.5. The van der Waals surface area contributed by atoms with Crippen LogP contribution in [-0.4, -0.2) is 40.0 Å². The Kier molecular flexibility index (Phi) is 5.48. The molecule has 5 nitrogen and oxygen atoms in total. The van der Waals surface area contributed by atoms with Crippen molar-refractivity contribution in [1.82, 2.24) is 9.88 Å². The van der Waals surface area contributed by atoms with Gasteiger partial charge < -0.3 is 10.0 Å². The summed E-state index contributed by atoms with van der Waals surface area (Å²) in [5, 5.41) is 9.14. The van der Waals surface area contributed by atoms with Crippen LogP contribution in [0, 0.1) is 5.92 Å². The highest BCUT2D eigenvalue weighted by atomic mass is 16.4. The zero-order chi connectivity index (χ0) is 14.4. The van der Waals surface area contributed by atoms with Crippen molar-refractivity contribution in [3.05, 3.63) is 30.1 Å². The minimum absolute atomic E-state index is 0.121. The van der Waals surface area contributed by atoms with E-state index in [0.717, 1.165) is 5.56 Å². The summed E-state index contributed by atoms with van der Waals surface area (Å²) in [7, 11) is 1.55. The van der Waals surface area contributed by atoms with Crippen LogP contribution in [0.25, 0.3) is 0 Å². The molecule has 19 heavy (non-hydrogen) atoms. The first kappa shape index (κ1) is 15.1. The number of carboxylic acid groups (broad SMARTS) is 1. The molecule has 0 aromatic carbocycles. The molecular weight excluding hydrogens is 244 g/mol. The average Bonchev–Trinajstić information content (AvgIpc) is 2.36. The van der Waals surface area contributed by atoms with Gasteiger partial charge in [-0.05, 0) is 24.0 Å². The molecule has 0 saturated carbocycles. The minimum atomic E-state index is -0.966. The lowest BCUT2D eigenvalue weighted by Gasteiger charge is -2.27. The van der Waals surface area contributed by atoms with Gasteiger partial charge in [0.25, 0.3) is 0 Å². The van der Waals surface area contributed by atoms with Gasteiger partial charge >= 0.3 is 5.97 Å². The first-order valence-corrected chi connectivity index (χ1v) is 6.31. The fourth-order valence-electron chi connectivity index (χ4n) is 2.03. The van der Waals surface area contributed by atoms with Gasteiger partial charge in [-0.25, -0.2) is 4.79 Å². The number of rotatable bonds is 6. The largest absolute Gasteiger partial charge is 0.480 e. The van der Waals surface area contributed by atoms with Crippen LogP contribution in [0.1, 0.15) is 25.8 Å². The van der Waals surface area contributed by atoms with E-state index in [1.807, 2.05) is 12.1 Å². The second-order valence-electron chi connectivity index (χ2n) is 4.89. The number of aliphatic carboxylic acids is 1. The maximum Gasteiger partial charge on any atom is 0.326 e. The molecule has 0 aliphatic rings. The van der Waals surface area contributed by atoms with E-state index in [2.05, 4.69) is 4.98 Å². The van der Waals surface area contributed by atoms with Crippen LogP contribution < -0.4 is 0 Å². The summed E-state index contributed by atoms with van der Waals surface area (Å²) in [6, 6.07) is 2.94. The molecule has 1 heterocycles. The molecule has 0 spiro atoms. The van der Waals surface area contributed by atoms with Crippen LogP contribution >= 0.6 is 0 Å². The Morgan fingerprint density at radius 1 is 1.42 bits per heavy atom. The topological polar surface area (TPSA) is 70.5 Å². The van der Waals surface area contributed by atoms with E-state index in [1.165, 1.54) is 4.90 Å². The fourth-order valence-corrected chi connectivity index (χ4v) is 2.03. The Hall–Kier alpha value is -1.91. The number of hydrogen-bond donors (Lipinski definition) is 1. The van der Waals surface area contributed by atoms with E-state index in [-0.39, 0.29) is 11.8 Å². The Morgan fingerprint density at radius 2 is 2.11 bits per heavy atom. The van der Waals surface area contributed by atoms with E-state index < -0.39 is 12.0 Å². The molecular formula is C14H20N2O3. The SMILES string of the molecule is CC(C)C(C(=O)O)N(C)C(=O)CCc1cccnc1. The molecule has 1 aromatic heterocycles. The number of amides is 1. The van der Waals surface area contributed by atoms with Gasteiger partial charge in [-0.3, -0.25) is 9.78 Å². The number of aromatic nitrogens is 1. The van der Waals surface area contributed by atoms with Gasteiger partial charge in [-0.15, -0.1) is 0 Å². The number of aryl methyl sites for hydroxylation is 1. The highest BCUT2D eigenvalue weighted by Crippen LogP contribution is 2.12. The number of carboxylic acids is 1. The predicted octanol–water partition coefficient (Wildman–Crippen LogP) is 1.58. The molecule has 1 rings (SSSR count). The van der Waals surface area contributed by atoms with E-state index in [4.69, 9.17) is 5.11 Å². The van der Waals surface area contributed by atoms with E-state index in [0.29, 0.717) is 12.8 Å². The van der Waals surface area contributed by atoms with Crippen molar-refractivity contribution in [3.63, 3.8) is 0 Å². The second-order valence-corrected chi connectivity index (χ2v) is 4.89. The third-order valence-corrected chi connectivity index (χ3v) is 3.05. The minimum Gasteiger partial charge on any atom is -0.480 e. The molecule has 5 heteroatoms. The van der Waals surface area contributed by atoms with Gasteiger partial charge in [-0.2, -0.15) is 0 Å². The van der Waals surface area contributed by atoms with Gasteiger partial charge in [0, 0.05) is 25.9 Å². The molecule has 0 saturated heterocycles. The van der Waals surface area contributed by atoms with Gasteiger partial charge in [0.2, 0.25) is 5.91 Å². The molecule has 104 valence electrons. The lowest BCUT2D eigenvalue weighted by atomic mass is 10.0. The number of pyridine rings is 1. The predicted molar refractivity (Wildman–Crippen MR) is 71.6 cm³/mol. The lowest BCUT2D eigenvalue weighted by Crippen LogP contribution is -2.45. The molecule has 1 unspecified atom stereocenters. The van der Waals surface area contributed by atoms with Crippen LogP contribution in [0.2, 0.25) is 0 Å². The van der Waals surface area contributed by atoms with Crippen molar-refractivity contribution >= 4 is 11.9 Å². The number of likely N-dealkylation sites (N-methyl/N-ethyl adjacent to an activating group) is 1. The highest BCUT2D eigenvalue weighted by molar-refractivity contribution is 5.83. The molecule has 1 atom stereocenters. The van der Waals surface area contributed by atoms with Crippen molar-refractivity contribution in [2.45, 2.75) is 32.7 Å². The van der Waals surface area contributed by atoms with Crippen molar-refractivity contribution < 1.29 is 14.7 Å². The summed E-state index contributed by atoms with van der Waals surface area (Å²) < 4.78 is 0. The Labute approximate surface area is 113 Å². The molecule has 0 fully saturated rings. The summed E-state index contributed by atoms with van der Waals surface area (Å²) in [5.41, 5.74) is 0.973. The maximum atomic E-state index is 12.0. The van der Waals surface area contributed by atoms with Crippen LogP contribution in [0.5, 0.6) is 0 Å². The Bertz CT molecular complexity index is 432. The molecule has 0 bridgehead atoms. The standard InChI is InChI=1S/C14H20N2O3/c1-10(2)13(14(18)19)16(3)12(17)7-6-11-5-4-8-15-9-11/h4-5,8-10,13H,6-7H2,1-3H3,(H,18,19). The third-order valence-electron chi connectivity index (χ3n) is 3.05. The van der Waals surface area contributed by atoms with Gasteiger partial charge in [-0.1, -0.05) is 19.9 Å². The smallest absolute Gasteiger partial charge is 0.326 e. The second kappa shape index (κ2) is 6.87. The van der Waals surface area contributed by atoms with Gasteiger partial charge in [0.15, 0.2) is 0 Å². The third kappa shape index (κ3) is 4.35. The van der Waals surface area contributed by atoms with Crippen molar-refractivity contribution in [1.29, 1.82) is 0 Å². The fraction of sp³-hybridized carbons (Fsp3) is 0.500. The zero-order valence-corrected chi connectivity index (χ0v) is 11.5. The first-order valence-electron chi connectivity index (χ1n) is 6.31. The summed E-state index contributed by atoms with van der Waals surface area (Å²) in [6.45, 7) is 3.59. The summed E-state index contributed by atoms with van der Waals surface area (Å²) >= 11 is 0. The number of carbonyl (C=O) groups is 2. The van der Waals surface area contributed by atoms with E-state index >= 15 is 0 Å². The van der Waals surface area contributed by atoms with Gasteiger partial charge in [0.1, 0.15) is 6.04 Å². The number of nitrogens with zero attached hydrogens (tertiary/aromatic N) is 2. The normalized spacial score (nSPS) is 12.2. The highest BCUT2D eigenvalue weighted by Gasteiger charge is 2.28. The lowest BCUT2D eigenvalue weighted by molar-refractivity contribution is -0.150. The quantitative estimate of drug-likeness (QED) is 0.847. The summed E-state index contributed by atoms with van der Waals surface area (Å²) in [4.78, 5) is 28.5. The summed E-state index contributed by atoms with van der Waals surface area (Å²) in [5.74, 6) is -1.25. The molecule has 1 N–H and O–H groups in total. The average molecular weight is 264 g/mol. The van der Waals surface area contributed by atoms with Crippen LogP contribution in [-0.2, 0) is 16.0 Å². The van der Waals surface area contributed by atoms with Crippen molar-refractivity contribution in [2.75, 3.05) is 7.05 Å². The van der Waals surface area contributed by atoms with Crippen LogP contribution in [0.3, 0.4) is 0 Å². The molecule has 1 amide bonds. The number of hydrogen-bond acceptors (Lipinski definition) is 3. The van der Waals surface area contributed by atoms with Crippen LogP contribution in [0.15, 0.2) is 24.5 Å². The molecule has 1 aromatic rings. The monoisotopic (exact) mass is 264 g/mol. The van der Waals surface area contributed by atoms with Crippen molar-refractivity contribution in [3.8, 4) is 0 Å². The molecule has 0 aliphatic heterocycles. The van der Waals surface area contributed by atoms with Crippen molar-refractivity contribution in [2.24, 2.45) is 5.92 Å². The first-order chi connectivity index (χ1) is 8.93. The van der Waals surface area contributed by atoms with Gasteiger partial charge in [0.05, 0.1) is 0 Å². The maximum absolute atomic E-state index is 12.0. The van der Waals surface area contributed by atoms with E-state index in [9.17, 15) is 9.59 Å². The number of carbonyl (C=O) groups excluding carboxylic acids is 1. The Balaban J connectivity index is 2.59. The molecule has 0 radical (unpaired) electrons. The summed E-state index contributed by atoms with van der Waals surface area (Å²) in [6.07, 6.45) is 4.25. The molecule has 0 aliphatic carbocycles. The van der Waals surface area contributed by atoms with Crippen LogP contribution in [0.4, 0.5) is 0 Å². The van der Waals surface area contributed by atoms with E-state index in [1.54, 1.807) is 33.3 Å².